The third-order valence-corrected chi connectivity index (χ3v) is 2.08. The number of carboxylic acid groups (broad SMARTS) is 1. The summed E-state index contributed by atoms with van der Waals surface area (Å²) in [6.07, 6.45) is -1.32. The predicted octanol–water partition coefficient (Wildman–Crippen LogP) is -0.942. The van der Waals surface area contributed by atoms with Crippen molar-refractivity contribution in [1.82, 2.24) is 5.32 Å². The van der Waals surface area contributed by atoms with E-state index in [2.05, 4.69) is 12.2 Å². The van der Waals surface area contributed by atoms with Crippen molar-refractivity contribution >= 4 is 5.97 Å². The van der Waals surface area contributed by atoms with Gasteiger partial charge in [0.2, 0.25) is 0 Å². The van der Waals surface area contributed by atoms with Crippen molar-refractivity contribution in [3.8, 4) is 0 Å². The van der Waals surface area contributed by atoms with Crippen molar-refractivity contribution in [2.24, 2.45) is 5.41 Å². The lowest BCUT2D eigenvalue weighted by atomic mass is 9.89. The number of hydrogen-bond acceptors (Lipinski definition) is 4. The number of hydrogen-bond donors (Lipinski definition) is 3. The minimum Gasteiger partial charge on any atom is -0.479 e. The number of carbonyl (C=O) groups is 1. The van der Waals surface area contributed by atoms with Gasteiger partial charge in [-0.2, -0.15) is 0 Å². The standard InChI is InChI=1S/C8H15NO4/c1-8(4-13-5-8)3-9-2-6(10)7(11)12/h6,9-10H,2-5H2,1H3,(H,11,12). The molecule has 1 fully saturated rings. The van der Waals surface area contributed by atoms with E-state index in [1.165, 1.54) is 0 Å². The maximum Gasteiger partial charge on any atom is 0.333 e. The van der Waals surface area contributed by atoms with Crippen molar-refractivity contribution in [2.75, 3.05) is 26.3 Å². The molecule has 1 unspecified atom stereocenters. The Labute approximate surface area is 76.7 Å². The number of carboxylic acids is 1. The van der Waals surface area contributed by atoms with Gasteiger partial charge in [0.15, 0.2) is 6.10 Å². The van der Waals surface area contributed by atoms with Gasteiger partial charge in [0.05, 0.1) is 13.2 Å². The van der Waals surface area contributed by atoms with Gasteiger partial charge in [-0.15, -0.1) is 0 Å². The Morgan fingerprint density at radius 2 is 2.31 bits per heavy atom. The van der Waals surface area contributed by atoms with Crippen LogP contribution in [-0.2, 0) is 9.53 Å². The number of ether oxygens (including phenoxy) is 1. The summed E-state index contributed by atoms with van der Waals surface area (Å²) in [6.45, 7) is 4.21. The van der Waals surface area contributed by atoms with Crippen molar-refractivity contribution in [2.45, 2.75) is 13.0 Å². The molecule has 1 aliphatic heterocycles. The normalized spacial score (nSPS) is 22.0. The third kappa shape index (κ3) is 2.95. The molecule has 1 atom stereocenters. The molecule has 1 heterocycles. The Bertz CT molecular complexity index is 191. The molecule has 1 aliphatic rings. The number of aliphatic hydroxyl groups is 1. The van der Waals surface area contributed by atoms with Gasteiger partial charge in [-0.3, -0.25) is 0 Å². The van der Waals surface area contributed by atoms with Crippen LogP contribution in [0.5, 0.6) is 0 Å². The van der Waals surface area contributed by atoms with Crippen LogP contribution in [0.2, 0.25) is 0 Å². The Morgan fingerprint density at radius 3 is 2.69 bits per heavy atom. The maximum absolute atomic E-state index is 10.2. The zero-order chi connectivity index (χ0) is 9.90. The minimum absolute atomic E-state index is 0.0882. The van der Waals surface area contributed by atoms with E-state index in [1.54, 1.807) is 0 Å². The van der Waals surface area contributed by atoms with Gasteiger partial charge in [-0.1, -0.05) is 6.92 Å². The summed E-state index contributed by atoms with van der Waals surface area (Å²) in [6, 6.07) is 0. The highest BCUT2D eigenvalue weighted by atomic mass is 16.5. The molecule has 0 radical (unpaired) electrons. The number of aliphatic carboxylic acids is 1. The van der Waals surface area contributed by atoms with Crippen LogP contribution in [0, 0.1) is 5.41 Å². The highest BCUT2D eigenvalue weighted by Gasteiger charge is 2.32. The molecule has 0 spiro atoms. The Kier molecular flexibility index (Phi) is 3.24. The lowest BCUT2D eigenvalue weighted by Gasteiger charge is -2.38. The fourth-order valence-corrected chi connectivity index (χ4v) is 1.15. The number of rotatable bonds is 5. The molecule has 76 valence electrons. The molecule has 0 aromatic carbocycles. The molecular weight excluding hydrogens is 174 g/mol. The maximum atomic E-state index is 10.2. The van der Waals surface area contributed by atoms with E-state index in [0.717, 1.165) is 0 Å². The minimum atomic E-state index is -1.32. The molecule has 0 aromatic heterocycles. The fraction of sp³-hybridized carbons (Fsp3) is 0.875. The fourth-order valence-electron chi connectivity index (χ4n) is 1.15. The van der Waals surface area contributed by atoms with E-state index in [-0.39, 0.29) is 12.0 Å². The monoisotopic (exact) mass is 189 g/mol. The average Bonchev–Trinajstić information content (AvgIpc) is 2.01. The summed E-state index contributed by atoms with van der Waals surface area (Å²) in [4.78, 5) is 10.2. The first-order chi connectivity index (χ1) is 6.03. The van der Waals surface area contributed by atoms with Crippen LogP contribution in [-0.4, -0.2) is 48.6 Å². The van der Waals surface area contributed by atoms with Gasteiger partial charge in [0.25, 0.3) is 0 Å². The van der Waals surface area contributed by atoms with Crippen LogP contribution in [0.1, 0.15) is 6.92 Å². The summed E-state index contributed by atoms with van der Waals surface area (Å²) in [5.74, 6) is -1.19. The number of nitrogens with one attached hydrogen (secondary N) is 1. The molecule has 0 saturated carbocycles. The van der Waals surface area contributed by atoms with E-state index in [9.17, 15) is 4.79 Å². The van der Waals surface area contributed by atoms with Crippen LogP contribution >= 0.6 is 0 Å². The van der Waals surface area contributed by atoms with Crippen LogP contribution in [0.25, 0.3) is 0 Å². The van der Waals surface area contributed by atoms with Crippen LogP contribution < -0.4 is 5.32 Å². The average molecular weight is 189 g/mol. The van der Waals surface area contributed by atoms with Crippen LogP contribution in [0.15, 0.2) is 0 Å². The van der Waals surface area contributed by atoms with Gasteiger partial charge >= 0.3 is 5.97 Å². The van der Waals surface area contributed by atoms with E-state index in [4.69, 9.17) is 14.9 Å². The Hall–Kier alpha value is -0.650. The van der Waals surface area contributed by atoms with E-state index in [0.29, 0.717) is 19.8 Å². The third-order valence-electron chi connectivity index (χ3n) is 2.08. The van der Waals surface area contributed by atoms with Gasteiger partial charge in [0.1, 0.15) is 0 Å². The second-order valence-electron chi connectivity index (χ2n) is 3.79. The van der Waals surface area contributed by atoms with Crippen LogP contribution in [0.3, 0.4) is 0 Å². The summed E-state index contributed by atoms with van der Waals surface area (Å²) in [5, 5.41) is 20.2. The van der Waals surface area contributed by atoms with Gasteiger partial charge < -0.3 is 20.3 Å². The summed E-state index contributed by atoms with van der Waals surface area (Å²) in [5.41, 5.74) is 0.109. The van der Waals surface area contributed by atoms with E-state index >= 15 is 0 Å². The Morgan fingerprint density at radius 1 is 1.69 bits per heavy atom. The molecule has 5 heteroatoms. The lowest BCUT2D eigenvalue weighted by Crippen LogP contribution is -2.49. The van der Waals surface area contributed by atoms with Crippen molar-refractivity contribution in [1.29, 1.82) is 0 Å². The molecule has 0 bridgehead atoms. The van der Waals surface area contributed by atoms with Gasteiger partial charge in [0, 0.05) is 18.5 Å². The molecule has 5 nitrogen and oxygen atoms in total. The van der Waals surface area contributed by atoms with E-state index in [1.807, 2.05) is 0 Å². The molecule has 0 amide bonds. The molecule has 1 rings (SSSR count). The first kappa shape index (κ1) is 10.4. The quantitative estimate of drug-likeness (QED) is 0.520. The highest BCUT2D eigenvalue weighted by Crippen LogP contribution is 2.24. The summed E-state index contributed by atoms with van der Waals surface area (Å²) >= 11 is 0. The van der Waals surface area contributed by atoms with E-state index < -0.39 is 12.1 Å². The molecular formula is C8H15NO4. The second-order valence-corrected chi connectivity index (χ2v) is 3.79. The highest BCUT2D eigenvalue weighted by molar-refractivity contribution is 5.72. The van der Waals surface area contributed by atoms with Crippen molar-refractivity contribution < 1.29 is 19.7 Å². The largest absolute Gasteiger partial charge is 0.479 e. The second kappa shape index (κ2) is 4.04. The molecule has 0 aliphatic carbocycles. The summed E-state index contributed by atoms with van der Waals surface area (Å²) < 4.78 is 5.02. The molecule has 13 heavy (non-hydrogen) atoms. The smallest absolute Gasteiger partial charge is 0.333 e. The summed E-state index contributed by atoms with van der Waals surface area (Å²) in [7, 11) is 0. The predicted molar refractivity (Wildman–Crippen MR) is 45.4 cm³/mol. The van der Waals surface area contributed by atoms with Gasteiger partial charge in [-0.05, 0) is 0 Å². The lowest BCUT2D eigenvalue weighted by molar-refractivity contribution is -0.146. The van der Waals surface area contributed by atoms with Gasteiger partial charge in [-0.25, -0.2) is 4.79 Å². The Balaban J connectivity index is 2.10. The van der Waals surface area contributed by atoms with Crippen LogP contribution in [0.4, 0.5) is 0 Å². The molecule has 3 N–H and O–H groups in total. The molecule has 1 saturated heterocycles. The van der Waals surface area contributed by atoms with Crippen molar-refractivity contribution in [3.05, 3.63) is 0 Å². The first-order valence-corrected chi connectivity index (χ1v) is 4.23. The topological polar surface area (TPSA) is 78.8 Å². The zero-order valence-electron chi connectivity index (χ0n) is 7.62. The number of aliphatic hydroxyl groups excluding tert-OH is 1. The van der Waals surface area contributed by atoms with Crippen molar-refractivity contribution in [3.63, 3.8) is 0 Å². The molecule has 0 aromatic rings. The first-order valence-electron chi connectivity index (χ1n) is 4.23. The zero-order valence-corrected chi connectivity index (χ0v) is 7.62. The SMILES string of the molecule is CC1(CNCC(O)C(=O)O)COC1.